The fourth-order valence-electron chi connectivity index (χ4n) is 3.71. The molecule has 2 heterocycles. The Labute approximate surface area is 183 Å². The Balaban J connectivity index is 2.08. The molecule has 0 aliphatic carbocycles. The van der Waals surface area contributed by atoms with E-state index in [4.69, 9.17) is 11.6 Å². The first kappa shape index (κ1) is 20.8. The predicted octanol–water partition coefficient (Wildman–Crippen LogP) is 4.82. The van der Waals surface area contributed by atoms with Gasteiger partial charge in [-0.15, -0.1) is 0 Å². The fourth-order valence-corrected chi connectivity index (χ4v) is 3.88. The molecule has 0 aliphatic heterocycles. The van der Waals surface area contributed by atoms with E-state index in [9.17, 15) is 14.4 Å². The average Bonchev–Trinajstić information content (AvgIpc) is 3.24. The molecule has 7 heteroatoms. The van der Waals surface area contributed by atoms with Gasteiger partial charge >= 0.3 is 0 Å². The number of halogens is 1. The quantitative estimate of drug-likeness (QED) is 0.423. The molecule has 0 aliphatic rings. The normalized spacial score (nSPS) is 11.1. The Morgan fingerprint density at radius 1 is 1.03 bits per heavy atom. The molecule has 156 valence electrons. The highest BCUT2D eigenvalue weighted by atomic mass is 35.5. The fraction of sp³-hybridized carbons (Fsp3) is 0.167. The van der Waals surface area contributed by atoms with E-state index in [1.165, 1.54) is 16.2 Å². The maximum atomic E-state index is 13.5. The van der Waals surface area contributed by atoms with Gasteiger partial charge in [-0.05, 0) is 35.2 Å². The van der Waals surface area contributed by atoms with Crippen LogP contribution in [-0.4, -0.2) is 26.0 Å². The van der Waals surface area contributed by atoms with Crippen LogP contribution in [0.15, 0.2) is 65.6 Å². The molecule has 0 bridgehead atoms. The van der Waals surface area contributed by atoms with E-state index < -0.39 is 0 Å². The molecule has 4 rings (SSSR count). The van der Waals surface area contributed by atoms with Crippen molar-refractivity contribution in [1.82, 2.24) is 14.3 Å². The Bertz CT molecular complexity index is 1370. The summed E-state index contributed by atoms with van der Waals surface area (Å²) in [5, 5.41) is 5.82. The van der Waals surface area contributed by atoms with E-state index in [1.54, 1.807) is 37.4 Å². The topological polar surface area (TPSA) is 74.0 Å². The van der Waals surface area contributed by atoms with Crippen LogP contribution in [-0.2, 0) is 6.54 Å². The number of hydrogen-bond donors (Lipinski definition) is 0. The minimum atomic E-state index is -0.305. The van der Waals surface area contributed by atoms with Crippen molar-refractivity contribution in [2.45, 2.75) is 26.8 Å². The van der Waals surface area contributed by atoms with Crippen molar-refractivity contribution in [2.75, 3.05) is 0 Å². The van der Waals surface area contributed by atoms with Gasteiger partial charge in [-0.25, -0.2) is 4.68 Å². The summed E-state index contributed by atoms with van der Waals surface area (Å²) in [5.41, 5.74) is 1.99. The van der Waals surface area contributed by atoms with Crippen LogP contribution in [0.1, 0.15) is 41.2 Å². The van der Waals surface area contributed by atoms with Crippen molar-refractivity contribution >= 4 is 34.1 Å². The Morgan fingerprint density at radius 2 is 1.77 bits per heavy atom. The zero-order valence-corrected chi connectivity index (χ0v) is 17.9. The zero-order valence-electron chi connectivity index (χ0n) is 17.1. The molecule has 0 atom stereocenters. The van der Waals surface area contributed by atoms with Gasteiger partial charge in [0.25, 0.3) is 5.56 Å². The molecular formula is C24H20ClN3O3. The number of hydrogen-bond acceptors (Lipinski definition) is 4. The lowest BCUT2D eigenvalue weighted by Gasteiger charge is -2.19. The number of carbonyl (C=O) groups excluding carboxylic acids is 2. The minimum absolute atomic E-state index is 0.0680. The summed E-state index contributed by atoms with van der Waals surface area (Å²) in [6.45, 7) is 3.24. The Kier molecular flexibility index (Phi) is 5.57. The Hall–Kier alpha value is -3.51. The summed E-state index contributed by atoms with van der Waals surface area (Å²) in [7, 11) is 0. The molecule has 0 N–H and O–H groups in total. The van der Waals surface area contributed by atoms with E-state index >= 15 is 0 Å². The molecule has 0 spiro atoms. The van der Waals surface area contributed by atoms with Gasteiger partial charge in [0.05, 0.1) is 17.9 Å². The second-order valence-electron chi connectivity index (χ2n) is 7.22. The lowest BCUT2D eigenvalue weighted by molar-refractivity contribution is 0.0919. The van der Waals surface area contributed by atoms with Crippen molar-refractivity contribution in [3.05, 3.63) is 87.6 Å². The summed E-state index contributed by atoms with van der Waals surface area (Å²) >= 11 is 6.26. The second kappa shape index (κ2) is 8.32. The van der Waals surface area contributed by atoms with Gasteiger partial charge in [0, 0.05) is 35.5 Å². The molecule has 0 amide bonds. The van der Waals surface area contributed by atoms with E-state index in [2.05, 4.69) is 5.10 Å². The third-order valence-corrected chi connectivity index (χ3v) is 5.40. The predicted molar refractivity (Wildman–Crippen MR) is 121 cm³/mol. The summed E-state index contributed by atoms with van der Waals surface area (Å²) in [5.74, 6) is -0.398. The Morgan fingerprint density at radius 3 is 2.42 bits per heavy atom. The molecule has 0 saturated carbocycles. The number of carbonyl (C=O) groups is 2. The molecule has 0 unspecified atom stereocenters. The molecule has 2 aromatic heterocycles. The number of ketones is 1. The molecule has 31 heavy (non-hydrogen) atoms. The second-order valence-corrected chi connectivity index (χ2v) is 7.65. The van der Waals surface area contributed by atoms with Crippen LogP contribution in [0.3, 0.4) is 0 Å². The zero-order chi connectivity index (χ0) is 22.1. The van der Waals surface area contributed by atoms with Gasteiger partial charge in [-0.1, -0.05) is 48.9 Å². The summed E-state index contributed by atoms with van der Waals surface area (Å²) in [4.78, 5) is 38.2. The highest BCUT2D eigenvalue weighted by molar-refractivity contribution is 6.31. The van der Waals surface area contributed by atoms with Crippen molar-refractivity contribution in [3.8, 4) is 11.1 Å². The monoisotopic (exact) mass is 433 g/mol. The summed E-state index contributed by atoms with van der Waals surface area (Å²) < 4.78 is 2.66. The number of pyridine rings is 1. The van der Waals surface area contributed by atoms with Gasteiger partial charge in [-0.2, -0.15) is 5.10 Å². The molecule has 2 aromatic carbocycles. The number of rotatable bonds is 5. The molecule has 0 fully saturated rings. The van der Waals surface area contributed by atoms with Crippen molar-refractivity contribution in [1.29, 1.82) is 0 Å². The van der Waals surface area contributed by atoms with Gasteiger partial charge in [0.2, 0.25) is 5.91 Å². The molecule has 0 radical (unpaired) electrons. The third kappa shape index (κ3) is 3.82. The lowest BCUT2D eigenvalue weighted by atomic mass is 9.94. The summed E-state index contributed by atoms with van der Waals surface area (Å²) in [6, 6.07) is 16.2. The van der Waals surface area contributed by atoms with E-state index in [0.717, 1.165) is 5.56 Å². The van der Waals surface area contributed by atoms with E-state index in [0.29, 0.717) is 32.7 Å². The number of Topliss-reactive ketones (excluding diaryl/α,β-unsaturated/α-hetero) is 1. The first-order chi connectivity index (χ1) is 14.9. The van der Waals surface area contributed by atoms with Crippen molar-refractivity contribution < 1.29 is 9.59 Å². The smallest absolute Gasteiger partial charge is 0.259 e. The van der Waals surface area contributed by atoms with Crippen molar-refractivity contribution in [2.24, 2.45) is 0 Å². The molecule has 0 saturated heterocycles. The van der Waals surface area contributed by atoms with Gasteiger partial charge in [-0.3, -0.25) is 19.0 Å². The van der Waals surface area contributed by atoms with Crippen LogP contribution in [0.25, 0.3) is 21.9 Å². The molecule has 4 aromatic rings. The van der Waals surface area contributed by atoms with Gasteiger partial charge in [0.15, 0.2) is 5.78 Å². The third-order valence-electron chi connectivity index (χ3n) is 5.17. The molecular weight excluding hydrogens is 414 g/mol. The first-order valence-corrected chi connectivity index (χ1v) is 10.3. The van der Waals surface area contributed by atoms with Crippen molar-refractivity contribution in [3.63, 3.8) is 0 Å². The number of benzene rings is 2. The standard InChI is InChI=1S/C24H20ClN3O3/c1-3-21(30)23-22(16-7-5-4-6-8-16)20-13-17(25)9-10-19(20)24(31)27(23)14-18-11-12-28(26-18)15(2)29/h4-13H,3,14H2,1-2H3. The summed E-state index contributed by atoms with van der Waals surface area (Å²) in [6.07, 6.45) is 1.77. The van der Waals surface area contributed by atoms with Crippen LogP contribution in [0.2, 0.25) is 5.02 Å². The van der Waals surface area contributed by atoms with E-state index in [1.807, 2.05) is 30.3 Å². The highest BCUT2D eigenvalue weighted by Gasteiger charge is 2.23. The maximum Gasteiger partial charge on any atom is 0.259 e. The first-order valence-electron chi connectivity index (χ1n) is 9.91. The van der Waals surface area contributed by atoms with Crippen LogP contribution in [0, 0.1) is 0 Å². The lowest BCUT2D eigenvalue weighted by Crippen LogP contribution is -2.28. The van der Waals surface area contributed by atoms with Gasteiger partial charge in [0.1, 0.15) is 0 Å². The number of fused-ring (bicyclic) bond motifs is 1. The van der Waals surface area contributed by atoms with Gasteiger partial charge < -0.3 is 0 Å². The van der Waals surface area contributed by atoms with Crippen LogP contribution < -0.4 is 5.56 Å². The SMILES string of the molecule is CCC(=O)c1c(-c2ccccc2)c2cc(Cl)ccc2c(=O)n1Cc1ccn(C(C)=O)n1. The minimum Gasteiger partial charge on any atom is -0.298 e. The average molecular weight is 434 g/mol. The maximum absolute atomic E-state index is 13.5. The van der Waals surface area contributed by atoms with Crippen LogP contribution in [0.5, 0.6) is 0 Å². The largest absolute Gasteiger partial charge is 0.298 e. The highest BCUT2D eigenvalue weighted by Crippen LogP contribution is 2.33. The van der Waals surface area contributed by atoms with Crippen LogP contribution >= 0.6 is 11.6 Å². The van der Waals surface area contributed by atoms with E-state index in [-0.39, 0.29) is 30.2 Å². The van der Waals surface area contributed by atoms with Crippen LogP contribution in [0.4, 0.5) is 0 Å². The number of nitrogens with zero attached hydrogens (tertiary/aromatic N) is 3. The molecule has 6 nitrogen and oxygen atoms in total. The number of aromatic nitrogens is 3.